The van der Waals surface area contributed by atoms with Crippen molar-refractivity contribution in [2.45, 2.75) is 32.7 Å². The number of carbonyl (C=O) groups is 1. The molecule has 0 saturated heterocycles. The van der Waals surface area contributed by atoms with Crippen LogP contribution in [0.15, 0.2) is 30.5 Å². The number of hydrogen-bond acceptors (Lipinski definition) is 4. The molecule has 2 rings (SSSR count). The molecule has 2 aromatic rings. The van der Waals surface area contributed by atoms with Gasteiger partial charge in [-0.15, -0.1) is 0 Å². The maximum atomic E-state index is 12.9. The minimum absolute atomic E-state index is 0.00419. The number of hydrogen-bond donors (Lipinski definition) is 1. The predicted molar refractivity (Wildman–Crippen MR) is 92.7 cm³/mol. The summed E-state index contributed by atoms with van der Waals surface area (Å²) in [6.07, 6.45) is 3.10. The maximum absolute atomic E-state index is 12.9. The van der Waals surface area contributed by atoms with E-state index >= 15 is 0 Å². The normalized spacial score (nSPS) is 11.9. The number of halogens is 1. The van der Waals surface area contributed by atoms with Crippen LogP contribution in [-0.4, -0.2) is 36.0 Å². The lowest BCUT2D eigenvalue weighted by Gasteiger charge is -2.16. The number of benzene rings is 1. The van der Waals surface area contributed by atoms with Gasteiger partial charge < -0.3 is 10.2 Å². The average Bonchev–Trinajstić information content (AvgIpc) is 2.54. The summed E-state index contributed by atoms with van der Waals surface area (Å²) in [6, 6.07) is 6.43. The number of amides is 1. The Labute approximate surface area is 141 Å². The molecule has 0 unspecified atom stereocenters. The van der Waals surface area contributed by atoms with Crippen molar-refractivity contribution in [3.63, 3.8) is 0 Å². The van der Waals surface area contributed by atoms with E-state index in [-0.39, 0.29) is 17.8 Å². The van der Waals surface area contributed by atoms with Crippen molar-refractivity contribution in [3.05, 3.63) is 53.1 Å². The van der Waals surface area contributed by atoms with Gasteiger partial charge in [-0.25, -0.2) is 14.4 Å². The molecule has 24 heavy (non-hydrogen) atoms. The first-order valence-electron chi connectivity index (χ1n) is 7.93. The SMILES string of the molecule is Cc1nc(N(C)C)ncc1C(=O)N[C@@H](C)CCc1ccc(F)cc1. The fourth-order valence-electron chi connectivity index (χ4n) is 2.30. The molecule has 1 N–H and O–H groups in total. The van der Waals surface area contributed by atoms with Gasteiger partial charge in [0.25, 0.3) is 5.91 Å². The highest BCUT2D eigenvalue weighted by molar-refractivity contribution is 5.95. The molecular weight excluding hydrogens is 307 g/mol. The molecule has 0 saturated carbocycles. The summed E-state index contributed by atoms with van der Waals surface area (Å²) in [5, 5.41) is 2.96. The molecule has 5 nitrogen and oxygen atoms in total. The van der Waals surface area contributed by atoms with Gasteiger partial charge in [-0.1, -0.05) is 12.1 Å². The molecule has 128 valence electrons. The lowest BCUT2D eigenvalue weighted by atomic mass is 10.1. The van der Waals surface area contributed by atoms with Crippen LogP contribution >= 0.6 is 0 Å². The van der Waals surface area contributed by atoms with Gasteiger partial charge in [0, 0.05) is 26.3 Å². The number of nitrogens with one attached hydrogen (secondary N) is 1. The topological polar surface area (TPSA) is 58.1 Å². The molecule has 1 amide bonds. The third-order valence-corrected chi connectivity index (χ3v) is 3.77. The van der Waals surface area contributed by atoms with Gasteiger partial charge in [-0.2, -0.15) is 0 Å². The van der Waals surface area contributed by atoms with Crippen LogP contribution in [-0.2, 0) is 6.42 Å². The van der Waals surface area contributed by atoms with E-state index in [2.05, 4.69) is 15.3 Å². The standard InChI is InChI=1S/C18H23FN4O/c1-12(5-6-14-7-9-15(19)10-8-14)21-17(24)16-11-20-18(23(3)4)22-13(16)2/h7-12H,5-6H2,1-4H3,(H,21,24)/t12-/m0/s1. The molecule has 1 aromatic heterocycles. The van der Waals surface area contributed by atoms with Gasteiger partial charge in [0.2, 0.25) is 5.95 Å². The van der Waals surface area contributed by atoms with Crippen LogP contribution < -0.4 is 10.2 Å². The first-order chi connectivity index (χ1) is 11.4. The zero-order chi connectivity index (χ0) is 17.7. The number of nitrogens with zero attached hydrogens (tertiary/aromatic N) is 3. The van der Waals surface area contributed by atoms with E-state index < -0.39 is 0 Å². The Morgan fingerprint density at radius 2 is 1.96 bits per heavy atom. The van der Waals surface area contributed by atoms with Crippen LogP contribution in [0.5, 0.6) is 0 Å². The zero-order valence-corrected chi connectivity index (χ0v) is 14.5. The summed E-state index contributed by atoms with van der Waals surface area (Å²) in [4.78, 5) is 22.7. The minimum atomic E-state index is -0.239. The Bertz CT molecular complexity index is 701. The Kier molecular flexibility index (Phi) is 5.84. The first kappa shape index (κ1) is 17.8. The molecule has 0 radical (unpaired) electrons. The summed E-state index contributed by atoms with van der Waals surface area (Å²) in [7, 11) is 3.71. The van der Waals surface area contributed by atoms with E-state index in [4.69, 9.17) is 0 Å². The number of aromatic nitrogens is 2. The molecule has 0 fully saturated rings. The van der Waals surface area contributed by atoms with E-state index in [1.165, 1.54) is 12.1 Å². The molecular formula is C18H23FN4O. The van der Waals surface area contributed by atoms with Crippen LogP contribution in [0.3, 0.4) is 0 Å². The summed E-state index contributed by atoms with van der Waals surface area (Å²) in [6.45, 7) is 3.75. The zero-order valence-electron chi connectivity index (χ0n) is 14.5. The van der Waals surface area contributed by atoms with Crippen LogP contribution in [0.2, 0.25) is 0 Å². The summed E-state index contributed by atoms with van der Waals surface area (Å²) < 4.78 is 12.9. The van der Waals surface area contributed by atoms with Crippen molar-refractivity contribution in [2.24, 2.45) is 0 Å². The number of rotatable bonds is 6. The number of carbonyl (C=O) groups excluding carboxylic acids is 1. The molecule has 1 aromatic carbocycles. The molecule has 0 aliphatic carbocycles. The monoisotopic (exact) mass is 330 g/mol. The van der Waals surface area contributed by atoms with Crippen molar-refractivity contribution in [1.82, 2.24) is 15.3 Å². The van der Waals surface area contributed by atoms with Gasteiger partial charge in [-0.05, 0) is 44.4 Å². The van der Waals surface area contributed by atoms with Gasteiger partial charge in [0.1, 0.15) is 5.82 Å². The van der Waals surface area contributed by atoms with Crippen molar-refractivity contribution in [1.29, 1.82) is 0 Å². The highest BCUT2D eigenvalue weighted by Crippen LogP contribution is 2.11. The van der Waals surface area contributed by atoms with E-state index in [9.17, 15) is 9.18 Å². The molecule has 0 aliphatic rings. The first-order valence-corrected chi connectivity index (χ1v) is 7.93. The van der Waals surface area contributed by atoms with E-state index in [1.807, 2.05) is 21.0 Å². The Balaban J connectivity index is 1.92. The van der Waals surface area contributed by atoms with Crippen LogP contribution in [0.25, 0.3) is 0 Å². The number of aryl methyl sites for hydroxylation is 2. The quantitative estimate of drug-likeness (QED) is 0.885. The number of anilines is 1. The van der Waals surface area contributed by atoms with Crippen LogP contribution in [0.1, 0.15) is 35.0 Å². The maximum Gasteiger partial charge on any atom is 0.254 e. The van der Waals surface area contributed by atoms with E-state index in [0.717, 1.165) is 18.4 Å². The minimum Gasteiger partial charge on any atom is -0.349 e. The Hall–Kier alpha value is -2.50. The Morgan fingerprint density at radius 1 is 1.29 bits per heavy atom. The third-order valence-electron chi connectivity index (χ3n) is 3.77. The fraction of sp³-hybridized carbons (Fsp3) is 0.389. The van der Waals surface area contributed by atoms with Crippen molar-refractivity contribution < 1.29 is 9.18 Å². The lowest BCUT2D eigenvalue weighted by Crippen LogP contribution is -2.33. The molecule has 0 bridgehead atoms. The van der Waals surface area contributed by atoms with Gasteiger partial charge in [0.15, 0.2) is 0 Å². The van der Waals surface area contributed by atoms with Gasteiger partial charge >= 0.3 is 0 Å². The second-order valence-electron chi connectivity index (χ2n) is 6.10. The average molecular weight is 330 g/mol. The largest absolute Gasteiger partial charge is 0.349 e. The fourth-order valence-corrected chi connectivity index (χ4v) is 2.30. The summed E-state index contributed by atoms with van der Waals surface area (Å²) in [5.74, 6) is 0.162. The smallest absolute Gasteiger partial charge is 0.254 e. The van der Waals surface area contributed by atoms with Crippen LogP contribution in [0.4, 0.5) is 10.3 Å². The Morgan fingerprint density at radius 3 is 2.54 bits per heavy atom. The van der Waals surface area contributed by atoms with Crippen molar-refractivity contribution in [3.8, 4) is 0 Å². The van der Waals surface area contributed by atoms with E-state index in [0.29, 0.717) is 17.2 Å². The molecule has 0 aliphatic heterocycles. The summed E-state index contributed by atoms with van der Waals surface area (Å²) >= 11 is 0. The molecule has 6 heteroatoms. The predicted octanol–water partition coefficient (Wildman–Crippen LogP) is 2.74. The molecule has 1 heterocycles. The summed E-state index contributed by atoms with van der Waals surface area (Å²) in [5.41, 5.74) is 2.18. The second kappa shape index (κ2) is 7.86. The second-order valence-corrected chi connectivity index (χ2v) is 6.10. The van der Waals surface area contributed by atoms with Crippen molar-refractivity contribution >= 4 is 11.9 Å². The van der Waals surface area contributed by atoms with Gasteiger partial charge in [0.05, 0.1) is 11.3 Å². The van der Waals surface area contributed by atoms with Crippen molar-refractivity contribution in [2.75, 3.05) is 19.0 Å². The molecule has 0 spiro atoms. The molecule has 1 atom stereocenters. The van der Waals surface area contributed by atoms with E-state index in [1.54, 1.807) is 30.2 Å². The van der Waals surface area contributed by atoms with Crippen LogP contribution in [0, 0.1) is 12.7 Å². The highest BCUT2D eigenvalue weighted by Gasteiger charge is 2.14. The van der Waals surface area contributed by atoms with Gasteiger partial charge in [-0.3, -0.25) is 4.79 Å². The third kappa shape index (κ3) is 4.75. The lowest BCUT2D eigenvalue weighted by molar-refractivity contribution is 0.0937. The highest BCUT2D eigenvalue weighted by atomic mass is 19.1.